The van der Waals surface area contributed by atoms with Gasteiger partial charge in [-0.15, -0.1) is 0 Å². The molecule has 1 saturated carbocycles. The van der Waals surface area contributed by atoms with Crippen LogP contribution in [-0.2, 0) is 9.59 Å². The van der Waals surface area contributed by atoms with Crippen molar-refractivity contribution in [2.24, 2.45) is 23.0 Å². The largest absolute Gasteiger partial charge is 0.484 e. The zero-order valence-electron chi connectivity index (χ0n) is 14.1. The molecule has 2 atom stereocenters. The highest BCUT2D eigenvalue weighted by atomic mass is 16.5. The number of carbonyl (C=O) groups excluding carboxylic acids is 2. The number of benzene rings is 1. The van der Waals surface area contributed by atoms with Crippen molar-refractivity contribution >= 4 is 17.5 Å². The molecule has 0 unspecified atom stereocenters. The van der Waals surface area contributed by atoms with Crippen molar-refractivity contribution in [3.05, 3.63) is 35.9 Å². The first-order chi connectivity index (χ1) is 10.7. The molecule has 5 heteroatoms. The Labute approximate surface area is 136 Å². The third kappa shape index (κ3) is 4.12. The van der Waals surface area contributed by atoms with Crippen LogP contribution in [0.2, 0.25) is 0 Å². The normalized spacial score (nSPS) is 21.2. The van der Waals surface area contributed by atoms with Gasteiger partial charge in [0.15, 0.2) is 6.61 Å². The molecule has 124 valence electrons. The minimum Gasteiger partial charge on any atom is -0.484 e. The summed E-state index contributed by atoms with van der Waals surface area (Å²) in [5.74, 6) is 0.316. The molecule has 0 spiro atoms. The minimum atomic E-state index is -0.524. The number of ether oxygens (including phenoxy) is 1. The van der Waals surface area contributed by atoms with Gasteiger partial charge in [-0.05, 0) is 49.4 Å². The second kappa shape index (κ2) is 6.44. The summed E-state index contributed by atoms with van der Waals surface area (Å²) < 4.78 is 5.19. The zero-order chi connectivity index (χ0) is 17.2. The van der Waals surface area contributed by atoms with Crippen molar-refractivity contribution in [2.45, 2.75) is 27.7 Å². The molecule has 23 heavy (non-hydrogen) atoms. The van der Waals surface area contributed by atoms with Gasteiger partial charge in [0.1, 0.15) is 5.75 Å². The second-order valence-corrected chi connectivity index (χ2v) is 6.84. The van der Waals surface area contributed by atoms with Crippen molar-refractivity contribution in [2.75, 3.05) is 11.9 Å². The molecule has 2 rings (SSSR count). The van der Waals surface area contributed by atoms with Gasteiger partial charge in [0.25, 0.3) is 5.91 Å². The first-order valence-corrected chi connectivity index (χ1v) is 7.69. The van der Waals surface area contributed by atoms with E-state index in [4.69, 9.17) is 10.5 Å². The Morgan fingerprint density at radius 3 is 2.39 bits per heavy atom. The maximum Gasteiger partial charge on any atom is 0.255 e. The third-order valence-electron chi connectivity index (χ3n) is 4.21. The number of nitrogens with one attached hydrogen (secondary N) is 1. The number of carbonyl (C=O) groups is 2. The molecule has 1 fully saturated rings. The number of amides is 2. The Balaban J connectivity index is 1.96. The summed E-state index contributed by atoms with van der Waals surface area (Å²) in [4.78, 5) is 23.1. The molecule has 1 aromatic carbocycles. The summed E-state index contributed by atoms with van der Waals surface area (Å²) in [5.41, 5.74) is 6.95. The number of hydrogen-bond donors (Lipinski definition) is 2. The molecule has 0 heterocycles. The lowest BCUT2D eigenvalue weighted by Gasteiger charge is -2.08. The Kier molecular flexibility index (Phi) is 4.78. The lowest BCUT2D eigenvalue weighted by molar-refractivity contribution is -0.120. The van der Waals surface area contributed by atoms with Gasteiger partial charge < -0.3 is 15.8 Å². The van der Waals surface area contributed by atoms with Gasteiger partial charge in [0.2, 0.25) is 5.91 Å². The summed E-state index contributed by atoms with van der Waals surface area (Å²) in [6.45, 7) is 8.17. The Morgan fingerprint density at radius 1 is 1.26 bits per heavy atom. The number of allylic oxidation sites excluding steroid dienone is 2. The van der Waals surface area contributed by atoms with Gasteiger partial charge >= 0.3 is 0 Å². The fraction of sp³-hybridized carbons (Fsp3) is 0.444. The van der Waals surface area contributed by atoms with Crippen LogP contribution in [0.3, 0.4) is 0 Å². The summed E-state index contributed by atoms with van der Waals surface area (Å²) in [5, 5.41) is 2.94. The summed E-state index contributed by atoms with van der Waals surface area (Å²) in [7, 11) is 0. The first kappa shape index (κ1) is 17.1. The molecule has 1 aromatic rings. The minimum absolute atomic E-state index is 0.00804. The number of hydrogen-bond acceptors (Lipinski definition) is 3. The monoisotopic (exact) mass is 316 g/mol. The zero-order valence-corrected chi connectivity index (χ0v) is 14.1. The number of rotatable bonds is 6. The van der Waals surface area contributed by atoms with Crippen molar-refractivity contribution < 1.29 is 14.3 Å². The molecule has 3 N–H and O–H groups in total. The molecule has 2 amide bonds. The predicted molar refractivity (Wildman–Crippen MR) is 90.0 cm³/mol. The average molecular weight is 316 g/mol. The fourth-order valence-electron chi connectivity index (χ4n) is 2.86. The van der Waals surface area contributed by atoms with Crippen LogP contribution < -0.4 is 15.8 Å². The number of anilines is 1. The van der Waals surface area contributed by atoms with E-state index in [9.17, 15) is 9.59 Å². The first-order valence-electron chi connectivity index (χ1n) is 7.69. The van der Waals surface area contributed by atoms with E-state index in [2.05, 4.69) is 25.2 Å². The molecular formula is C18H24N2O3. The van der Waals surface area contributed by atoms with E-state index >= 15 is 0 Å². The third-order valence-corrected chi connectivity index (χ3v) is 4.21. The van der Waals surface area contributed by atoms with E-state index in [1.54, 1.807) is 24.3 Å². The maximum absolute atomic E-state index is 12.4. The van der Waals surface area contributed by atoms with Gasteiger partial charge in [-0.3, -0.25) is 9.59 Å². The quantitative estimate of drug-likeness (QED) is 0.792. The van der Waals surface area contributed by atoms with Crippen LogP contribution >= 0.6 is 0 Å². The van der Waals surface area contributed by atoms with E-state index in [0.717, 1.165) is 0 Å². The second-order valence-electron chi connectivity index (χ2n) is 6.84. The topological polar surface area (TPSA) is 81.4 Å². The van der Waals surface area contributed by atoms with Crippen molar-refractivity contribution in [3.63, 3.8) is 0 Å². The molecule has 0 saturated heterocycles. The van der Waals surface area contributed by atoms with Crippen LogP contribution in [0.1, 0.15) is 27.7 Å². The van der Waals surface area contributed by atoms with Crippen LogP contribution in [0.25, 0.3) is 0 Å². The van der Waals surface area contributed by atoms with Gasteiger partial charge in [0.05, 0.1) is 5.92 Å². The van der Waals surface area contributed by atoms with E-state index in [1.165, 1.54) is 5.57 Å². The van der Waals surface area contributed by atoms with E-state index in [0.29, 0.717) is 11.4 Å². The highest BCUT2D eigenvalue weighted by Crippen LogP contribution is 2.59. The molecular weight excluding hydrogens is 292 g/mol. The van der Waals surface area contributed by atoms with Gasteiger partial charge in [0, 0.05) is 5.69 Å². The summed E-state index contributed by atoms with van der Waals surface area (Å²) in [6, 6.07) is 6.90. The number of primary amides is 1. The van der Waals surface area contributed by atoms with Crippen molar-refractivity contribution in [1.82, 2.24) is 0 Å². The SMILES string of the molecule is CC(C)=C[C@H]1[C@H](C(=O)Nc2ccc(OCC(N)=O)cc2)C1(C)C. The summed E-state index contributed by atoms with van der Waals surface area (Å²) >= 11 is 0. The highest BCUT2D eigenvalue weighted by Gasteiger charge is 2.60. The van der Waals surface area contributed by atoms with Crippen LogP contribution in [-0.4, -0.2) is 18.4 Å². The Hall–Kier alpha value is -2.30. The van der Waals surface area contributed by atoms with Gasteiger partial charge in [-0.2, -0.15) is 0 Å². The van der Waals surface area contributed by atoms with Gasteiger partial charge in [-0.25, -0.2) is 0 Å². The highest BCUT2D eigenvalue weighted by molar-refractivity contribution is 5.95. The molecule has 0 bridgehead atoms. The van der Waals surface area contributed by atoms with Crippen LogP contribution in [0.4, 0.5) is 5.69 Å². The van der Waals surface area contributed by atoms with Crippen molar-refractivity contribution in [1.29, 1.82) is 0 Å². The molecule has 0 radical (unpaired) electrons. The molecule has 5 nitrogen and oxygen atoms in total. The molecule has 0 aromatic heterocycles. The molecule has 1 aliphatic rings. The molecule has 0 aliphatic heterocycles. The van der Waals surface area contributed by atoms with E-state index in [1.807, 2.05) is 13.8 Å². The van der Waals surface area contributed by atoms with Gasteiger partial charge in [-0.1, -0.05) is 25.5 Å². The van der Waals surface area contributed by atoms with Crippen LogP contribution in [0, 0.1) is 17.3 Å². The summed E-state index contributed by atoms with van der Waals surface area (Å²) in [6.07, 6.45) is 2.17. The fourth-order valence-corrected chi connectivity index (χ4v) is 2.86. The number of nitrogens with two attached hydrogens (primary N) is 1. The maximum atomic E-state index is 12.4. The predicted octanol–water partition coefficient (Wildman–Crippen LogP) is 2.73. The van der Waals surface area contributed by atoms with E-state index < -0.39 is 5.91 Å². The van der Waals surface area contributed by atoms with Crippen LogP contribution in [0.15, 0.2) is 35.9 Å². The smallest absolute Gasteiger partial charge is 0.255 e. The lowest BCUT2D eigenvalue weighted by atomic mass is 10.1. The van der Waals surface area contributed by atoms with Crippen LogP contribution in [0.5, 0.6) is 5.75 Å². The lowest BCUT2D eigenvalue weighted by Crippen LogP contribution is -2.20. The van der Waals surface area contributed by atoms with E-state index in [-0.39, 0.29) is 29.8 Å². The van der Waals surface area contributed by atoms with Crippen molar-refractivity contribution in [3.8, 4) is 5.75 Å². The Bertz CT molecular complexity index is 628. The standard InChI is InChI=1S/C18H24N2O3/c1-11(2)9-14-16(18(14,3)4)17(22)20-12-5-7-13(8-6-12)23-10-15(19)21/h5-9,14,16H,10H2,1-4H3,(H2,19,21)(H,20,22)/t14-,16+/m0/s1. The molecule has 1 aliphatic carbocycles. The average Bonchev–Trinajstić information content (AvgIpc) is 2.98. The Morgan fingerprint density at radius 2 is 1.87 bits per heavy atom.